The van der Waals surface area contributed by atoms with Gasteiger partial charge in [0.15, 0.2) is 0 Å². The maximum atomic E-state index is 5.89. The topological polar surface area (TPSA) is 38.5 Å². The minimum absolute atomic E-state index is 0.450. The molecular formula is C11H24N2O. The molecule has 0 amide bonds. The Labute approximate surface area is 87.6 Å². The summed E-state index contributed by atoms with van der Waals surface area (Å²) < 4.78 is 5.14. The molecule has 1 rings (SSSR count). The van der Waals surface area contributed by atoms with Gasteiger partial charge in [-0.3, -0.25) is 0 Å². The maximum absolute atomic E-state index is 5.89. The summed E-state index contributed by atoms with van der Waals surface area (Å²) in [6.07, 6.45) is 3.70. The van der Waals surface area contributed by atoms with Crippen LogP contribution in [0.25, 0.3) is 0 Å². The number of nitrogens with zero attached hydrogens (tertiary/aromatic N) is 1. The Kier molecular flexibility index (Phi) is 4.85. The molecule has 0 aromatic carbocycles. The first kappa shape index (κ1) is 12.0. The summed E-state index contributed by atoms with van der Waals surface area (Å²) in [5.41, 5.74) is 5.89. The zero-order chi connectivity index (χ0) is 10.6. The fraction of sp³-hybridized carbons (Fsp3) is 1.00. The SMILES string of the molecule is COCC(C)N(C)CC1CCC(N)C1. The van der Waals surface area contributed by atoms with E-state index in [0.29, 0.717) is 12.1 Å². The van der Waals surface area contributed by atoms with Crippen LogP contribution in [0.5, 0.6) is 0 Å². The lowest BCUT2D eigenvalue weighted by Crippen LogP contribution is -2.36. The van der Waals surface area contributed by atoms with Crippen molar-refractivity contribution < 1.29 is 4.74 Å². The van der Waals surface area contributed by atoms with E-state index in [9.17, 15) is 0 Å². The maximum Gasteiger partial charge on any atom is 0.0615 e. The van der Waals surface area contributed by atoms with Gasteiger partial charge in [-0.15, -0.1) is 0 Å². The third-order valence-corrected chi connectivity index (χ3v) is 3.29. The number of hydrogen-bond donors (Lipinski definition) is 1. The number of nitrogens with two attached hydrogens (primary N) is 1. The summed E-state index contributed by atoms with van der Waals surface area (Å²) >= 11 is 0. The fourth-order valence-corrected chi connectivity index (χ4v) is 2.24. The molecule has 1 fully saturated rings. The van der Waals surface area contributed by atoms with Crippen molar-refractivity contribution in [3.63, 3.8) is 0 Å². The highest BCUT2D eigenvalue weighted by Gasteiger charge is 2.23. The van der Waals surface area contributed by atoms with Crippen molar-refractivity contribution in [1.82, 2.24) is 4.90 Å². The quantitative estimate of drug-likeness (QED) is 0.722. The molecule has 3 heteroatoms. The largest absolute Gasteiger partial charge is 0.383 e. The fourth-order valence-electron chi connectivity index (χ4n) is 2.24. The van der Waals surface area contributed by atoms with Crippen molar-refractivity contribution in [2.45, 2.75) is 38.3 Å². The number of ether oxygens (including phenoxy) is 1. The van der Waals surface area contributed by atoms with Crippen molar-refractivity contribution in [2.24, 2.45) is 11.7 Å². The van der Waals surface area contributed by atoms with Crippen LogP contribution < -0.4 is 5.73 Å². The molecule has 0 spiro atoms. The van der Waals surface area contributed by atoms with E-state index in [1.165, 1.54) is 19.3 Å². The van der Waals surface area contributed by atoms with Gasteiger partial charge in [0, 0.05) is 25.7 Å². The lowest BCUT2D eigenvalue weighted by molar-refractivity contribution is 0.106. The van der Waals surface area contributed by atoms with Crippen LogP contribution >= 0.6 is 0 Å². The molecule has 0 aromatic rings. The molecule has 3 atom stereocenters. The molecule has 14 heavy (non-hydrogen) atoms. The van der Waals surface area contributed by atoms with Gasteiger partial charge in [-0.05, 0) is 39.2 Å². The van der Waals surface area contributed by atoms with Crippen LogP contribution in [0, 0.1) is 5.92 Å². The minimum atomic E-state index is 0.450. The number of likely N-dealkylation sites (N-methyl/N-ethyl adjacent to an activating group) is 1. The Balaban J connectivity index is 2.22. The summed E-state index contributed by atoms with van der Waals surface area (Å²) in [5.74, 6) is 0.800. The predicted octanol–water partition coefficient (Wildman–Crippen LogP) is 1.08. The van der Waals surface area contributed by atoms with Crippen LogP contribution in [0.3, 0.4) is 0 Å². The van der Waals surface area contributed by atoms with Crippen LogP contribution in [-0.2, 0) is 4.74 Å². The summed E-state index contributed by atoms with van der Waals surface area (Å²) in [5, 5.41) is 0. The van der Waals surface area contributed by atoms with Gasteiger partial charge in [0.25, 0.3) is 0 Å². The molecule has 3 unspecified atom stereocenters. The van der Waals surface area contributed by atoms with E-state index in [1.54, 1.807) is 7.11 Å². The summed E-state index contributed by atoms with van der Waals surface area (Å²) in [6.45, 7) is 4.19. The summed E-state index contributed by atoms with van der Waals surface area (Å²) in [6, 6.07) is 0.961. The van der Waals surface area contributed by atoms with Gasteiger partial charge in [-0.2, -0.15) is 0 Å². The molecule has 0 heterocycles. The molecule has 2 N–H and O–H groups in total. The van der Waals surface area contributed by atoms with Crippen molar-refractivity contribution in [3.05, 3.63) is 0 Å². The molecular weight excluding hydrogens is 176 g/mol. The molecule has 0 radical (unpaired) electrons. The summed E-state index contributed by atoms with van der Waals surface area (Å²) in [4.78, 5) is 2.38. The van der Waals surface area contributed by atoms with Crippen molar-refractivity contribution in [2.75, 3.05) is 27.3 Å². The Morgan fingerprint density at radius 2 is 2.21 bits per heavy atom. The van der Waals surface area contributed by atoms with Gasteiger partial charge in [0.2, 0.25) is 0 Å². The Morgan fingerprint density at radius 3 is 2.71 bits per heavy atom. The molecule has 3 nitrogen and oxygen atoms in total. The van der Waals surface area contributed by atoms with Crippen molar-refractivity contribution >= 4 is 0 Å². The van der Waals surface area contributed by atoms with Gasteiger partial charge >= 0.3 is 0 Å². The minimum Gasteiger partial charge on any atom is -0.383 e. The molecule has 0 saturated heterocycles. The number of rotatable bonds is 5. The Bertz CT molecular complexity index is 163. The van der Waals surface area contributed by atoms with Crippen LogP contribution in [0.2, 0.25) is 0 Å². The Hall–Kier alpha value is -0.120. The van der Waals surface area contributed by atoms with Crippen molar-refractivity contribution in [1.29, 1.82) is 0 Å². The van der Waals surface area contributed by atoms with Gasteiger partial charge < -0.3 is 15.4 Å². The van der Waals surface area contributed by atoms with E-state index < -0.39 is 0 Å². The smallest absolute Gasteiger partial charge is 0.0615 e. The second kappa shape index (κ2) is 5.69. The van der Waals surface area contributed by atoms with Crippen LogP contribution in [0.4, 0.5) is 0 Å². The number of hydrogen-bond acceptors (Lipinski definition) is 3. The van der Waals surface area contributed by atoms with Crippen LogP contribution in [0.1, 0.15) is 26.2 Å². The molecule has 84 valence electrons. The van der Waals surface area contributed by atoms with E-state index in [1.807, 2.05) is 0 Å². The van der Waals surface area contributed by atoms with Crippen LogP contribution in [-0.4, -0.2) is 44.3 Å². The molecule has 1 aliphatic carbocycles. The lowest BCUT2D eigenvalue weighted by atomic mass is 10.1. The third-order valence-electron chi connectivity index (χ3n) is 3.29. The zero-order valence-electron chi connectivity index (χ0n) is 9.70. The molecule has 1 aliphatic rings. The number of methoxy groups -OCH3 is 1. The first-order valence-corrected chi connectivity index (χ1v) is 5.58. The molecule has 1 saturated carbocycles. The predicted molar refractivity (Wildman–Crippen MR) is 59.3 cm³/mol. The highest BCUT2D eigenvalue weighted by Crippen LogP contribution is 2.24. The van der Waals surface area contributed by atoms with Gasteiger partial charge in [-0.25, -0.2) is 0 Å². The monoisotopic (exact) mass is 200 g/mol. The zero-order valence-corrected chi connectivity index (χ0v) is 9.70. The average Bonchev–Trinajstić information content (AvgIpc) is 2.51. The highest BCUT2D eigenvalue weighted by atomic mass is 16.5. The van der Waals surface area contributed by atoms with Crippen LogP contribution in [0.15, 0.2) is 0 Å². The average molecular weight is 200 g/mol. The Morgan fingerprint density at radius 1 is 1.50 bits per heavy atom. The van der Waals surface area contributed by atoms with Gasteiger partial charge in [-0.1, -0.05) is 0 Å². The second-order valence-corrected chi connectivity index (χ2v) is 4.68. The molecule has 0 aromatic heterocycles. The van der Waals surface area contributed by atoms with E-state index in [2.05, 4.69) is 18.9 Å². The first-order valence-electron chi connectivity index (χ1n) is 5.58. The van der Waals surface area contributed by atoms with E-state index in [-0.39, 0.29) is 0 Å². The molecule has 0 aliphatic heterocycles. The lowest BCUT2D eigenvalue weighted by Gasteiger charge is -2.26. The summed E-state index contributed by atoms with van der Waals surface area (Å²) in [7, 11) is 3.93. The normalized spacial score (nSPS) is 29.8. The van der Waals surface area contributed by atoms with E-state index >= 15 is 0 Å². The second-order valence-electron chi connectivity index (χ2n) is 4.68. The van der Waals surface area contributed by atoms with E-state index in [4.69, 9.17) is 10.5 Å². The van der Waals surface area contributed by atoms with Crippen molar-refractivity contribution in [3.8, 4) is 0 Å². The van der Waals surface area contributed by atoms with Gasteiger partial charge in [0.05, 0.1) is 6.61 Å². The van der Waals surface area contributed by atoms with Gasteiger partial charge in [0.1, 0.15) is 0 Å². The molecule has 0 bridgehead atoms. The first-order chi connectivity index (χ1) is 6.63. The van der Waals surface area contributed by atoms with E-state index in [0.717, 1.165) is 19.1 Å². The third kappa shape index (κ3) is 3.56. The standard InChI is InChI=1S/C11H24N2O/c1-9(8-14-3)13(2)7-10-4-5-11(12)6-10/h9-11H,4-8,12H2,1-3H3. The highest BCUT2D eigenvalue weighted by molar-refractivity contribution is 4.80.